The van der Waals surface area contributed by atoms with Gasteiger partial charge in [0.2, 0.25) is 5.91 Å². The zero-order valence-electron chi connectivity index (χ0n) is 15.7. The van der Waals surface area contributed by atoms with Gasteiger partial charge in [0.25, 0.3) is 0 Å². The van der Waals surface area contributed by atoms with E-state index in [1.165, 1.54) is 22.6 Å². The number of hydrogen-bond donors (Lipinski definition) is 3. The van der Waals surface area contributed by atoms with Crippen LogP contribution in [0.2, 0.25) is 0 Å². The Kier molecular flexibility index (Phi) is 8.25. The number of carbonyl (C=O) groups is 1. The second-order valence-electron chi connectivity index (χ2n) is 6.82. The summed E-state index contributed by atoms with van der Waals surface area (Å²) in [6.07, 6.45) is 6.15. The summed E-state index contributed by atoms with van der Waals surface area (Å²) in [6.45, 7) is 7.67. The lowest BCUT2D eigenvalue weighted by Gasteiger charge is -2.17. The highest BCUT2D eigenvalue weighted by molar-refractivity contribution is 7.11. The van der Waals surface area contributed by atoms with Crippen LogP contribution in [0.5, 0.6) is 0 Å². The summed E-state index contributed by atoms with van der Waals surface area (Å²) in [6, 6.07) is 5.03. The maximum absolute atomic E-state index is 12.0. The van der Waals surface area contributed by atoms with Crippen LogP contribution in [0.4, 0.5) is 0 Å². The molecule has 0 aliphatic heterocycles. The van der Waals surface area contributed by atoms with Crippen molar-refractivity contribution in [2.24, 2.45) is 4.99 Å². The molecule has 0 aromatic carbocycles. The molecule has 1 aromatic rings. The predicted molar refractivity (Wildman–Crippen MR) is 106 cm³/mol. The first-order chi connectivity index (χ1) is 12.1. The molecule has 0 saturated heterocycles. The number of hydrogen-bond acceptors (Lipinski definition) is 3. The number of amides is 1. The van der Waals surface area contributed by atoms with Crippen molar-refractivity contribution < 1.29 is 4.79 Å². The van der Waals surface area contributed by atoms with E-state index in [4.69, 9.17) is 0 Å². The van der Waals surface area contributed by atoms with Crippen molar-refractivity contribution in [2.45, 2.75) is 71.4 Å². The Morgan fingerprint density at radius 2 is 2.12 bits per heavy atom. The van der Waals surface area contributed by atoms with Crippen molar-refractivity contribution in [3.63, 3.8) is 0 Å². The molecule has 1 fully saturated rings. The molecule has 1 amide bonds. The Bertz CT molecular complexity index is 564. The van der Waals surface area contributed by atoms with Crippen LogP contribution in [0.15, 0.2) is 17.1 Å². The van der Waals surface area contributed by atoms with Crippen LogP contribution in [0.25, 0.3) is 0 Å². The molecule has 0 radical (unpaired) electrons. The molecule has 0 bridgehead atoms. The van der Waals surface area contributed by atoms with Gasteiger partial charge in [0.15, 0.2) is 5.96 Å². The van der Waals surface area contributed by atoms with Gasteiger partial charge in [0.1, 0.15) is 0 Å². The molecule has 3 N–H and O–H groups in total. The van der Waals surface area contributed by atoms with E-state index in [-0.39, 0.29) is 5.91 Å². The van der Waals surface area contributed by atoms with Crippen molar-refractivity contribution >= 4 is 23.2 Å². The van der Waals surface area contributed by atoms with E-state index in [0.29, 0.717) is 25.0 Å². The largest absolute Gasteiger partial charge is 0.357 e. The third-order valence-corrected chi connectivity index (χ3v) is 5.38. The van der Waals surface area contributed by atoms with Crippen molar-refractivity contribution in [2.75, 3.05) is 13.1 Å². The van der Waals surface area contributed by atoms with E-state index in [9.17, 15) is 4.79 Å². The maximum atomic E-state index is 12.0. The standard InChI is InChI=1S/C19H32N4OS/c1-4-20-19(22-14(2)13-17-10-9-15(3)25-17)21-12-11-18(24)23-16-7-5-6-8-16/h9-10,14,16H,4-8,11-13H2,1-3H3,(H,23,24)(H2,20,21,22). The first kappa shape index (κ1) is 19.8. The van der Waals surface area contributed by atoms with Crippen LogP contribution in [-0.2, 0) is 11.2 Å². The van der Waals surface area contributed by atoms with Crippen LogP contribution < -0.4 is 16.0 Å². The minimum Gasteiger partial charge on any atom is -0.357 e. The van der Waals surface area contributed by atoms with Gasteiger partial charge in [-0.1, -0.05) is 12.8 Å². The summed E-state index contributed by atoms with van der Waals surface area (Å²) in [5.41, 5.74) is 0. The van der Waals surface area contributed by atoms with Gasteiger partial charge in [-0.05, 0) is 45.7 Å². The summed E-state index contributed by atoms with van der Waals surface area (Å²) in [5, 5.41) is 9.81. The van der Waals surface area contributed by atoms with E-state index < -0.39 is 0 Å². The summed E-state index contributed by atoms with van der Waals surface area (Å²) in [4.78, 5) is 19.3. The van der Waals surface area contributed by atoms with Crippen molar-refractivity contribution in [3.8, 4) is 0 Å². The molecule has 140 valence electrons. The summed E-state index contributed by atoms with van der Waals surface area (Å²) in [7, 11) is 0. The number of nitrogens with zero attached hydrogens (tertiary/aromatic N) is 1. The number of guanidine groups is 1. The second kappa shape index (κ2) is 10.4. The van der Waals surface area contributed by atoms with E-state index >= 15 is 0 Å². The molecule has 1 aliphatic rings. The van der Waals surface area contributed by atoms with Crippen LogP contribution in [0, 0.1) is 6.92 Å². The molecule has 1 heterocycles. The van der Waals surface area contributed by atoms with Gasteiger partial charge in [-0.2, -0.15) is 0 Å². The number of carbonyl (C=O) groups excluding carboxylic acids is 1. The minimum atomic E-state index is 0.119. The quantitative estimate of drug-likeness (QED) is 0.491. The molecule has 2 rings (SSSR count). The van der Waals surface area contributed by atoms with Gasteiger partial charge in [0, 0.05) is 41.2 Å². The average molecular weight is 365 g/mol. The Balaban J connectivity index is 1.75. The third-order valence-electron chi connectivity index (χ3n) is 4.36. The lowest BCUT2D eigenvalue weighted by molar-refractivity contribution is -0.121. The normalized spacial score (nSPS) is 16.7. The lowest BCUT2D eigenvalue weighted by atomic mass is 10.2. The van der Waals surface area contributed by atoms with E-state index in [2.05, 4.69) is 53.8 Å². The maximum Gasteiger partial charge on any atom is 0.222 e. The fourth-order valence-electron chi connectivity index (χ4n) is 3.14. The predicted octanol–water partition coefficient (Wildman–Crippen LogP) is 2.99. The Labute approximate surface area is 155 Å². The van der Waals surface area contributed by atoms with Gasteiger partial charge in [-0.15, -0.1) is 11.3 Å². The molecule has 1 unspecified atom stereocenters. The van der Waals surface area contributed by atoms with Gasteiger partial charge < -0.3 is 16.0 Å². The molecule has 1 saturated carbocycles. The fraction of sp³-hybridized carbons (Fsp3) is 0.684. The van der Waals surface area contributed by atoms with Gasteiger partial charge in [-0.25, -0.2) is 0 Å². The zero-order valence-corrected chi connectivity index (χ0v) is 16.5. The van der Waals surface area contributed by atoms with E-state index in [1.54, 1.807) is 0 Å². The lowest BCUT2D eigenvalue weighted by Crippen LogP contribution is -2.43. The van der Waals surface area contributed by atoms with Gasteiger partial charge in [0.05, 0.1) is 6.54 Å². The highest BCUT2D eigenvalue weighted by atomic mass is 32.1. The summed E-state index contributed by atoms with van der Waals surface area (Å²) < 4.78 is 0. The topological polar surface area (TPSA) is 65.5 Å². The highest BCUT2D eigenvalue weighted by Gasteiger charge is 2.16. The number of aliphatic imine (C=N–C) groups is 1. The van der Waals surface area contributed by atoms with Crippen molar-refractivity contribution in [1.82, 2.24) is 16.0 Å². The van der Waals surface area contributed by atoms with Gasteiger partial charge >= 0.3 is 0 Å². The fourth-order valence-corrected chi connectivity index (χ4v) is 4.16. The molecule has 1 aromatic heterocycles. The second-order valence-corrected chi connectivity index (χ2v) is 8.19. The highest BCUT2D eigenvalue weighted by Crippen LogP contribution is 2.18. The van der Waals surface area contributed by atoms with Crippen LogP contribution >= 0.6 is 11.3 Å². The Hall–Kier alpha value is -1.56. The van der Waals surface area contributed by atoms with Crippen LogP contribution in [-0.4, -0.2) is 37.0 Å². The number of rotatable bonds is 8. The monoisotopic (exact) mass is 364 g/mol. The molecule has 25 heavy (non-hydrogen) atoms. The first-order valence-electron chi connectivity index (χ1n) is 9.46. The Morgan fingerprint density at radius 1 is 1.36 bits per heavy atom. The molecule has 1 aliphatic carbocycles. The number of thiophene rings is 1. The molecule has 5 nitrogen and oxygen atoms in total. The smallest absolute Gasteiger partial charge is 0.222 e. The van der Waals surface area contributed by atoms with E-state index in [1.807, 2.05) is 11.3 Å². The van der Waals surface area contributed by atoms with Crippen molar-refractivity contribution in [1.29, 1.82) is 0 Å². The van der Waals surface area contributed by atoms with Gasteiger partial charge in [-0.3, -0.25) is 9.79 Å². The molecule has 1 atom stereocenters. The zero-order chi connectivity index (χ0) is 18.1. The summed E-state index contributed by atoms with van der Waals surface area (Å²) >= 11 is 1.84. The SMILES string of the molecule is CCNC(=NCCC(=O)NC1CCCC1)NC(C)Cc1ccc(C)s1. The molecule has 0 spiro atoms. The number of aryl methyl sites for hydroxylation is 1. The Morgan fingerprint density at radius 3 is 2.76 bits per heavy atom. The molecular formula is C19H32N4OS. The third kappa shape index (κ3) is 7.46. The average Bonchev–Trinajstić information content (AvgIpc) is 3.19. The first-order valence-corrected chi connectivity index (χ1v) is 10.3. The summed E-state index contributed by atoms with van der Waals surface area (Å²) in [5.74, 6) is 0.908. The number of nitrogens with one attached hydrogen (secondary N) is 3. The molecule has 6 heteroatoms. The van der Waals surface area contributed by atoms with E-state index in [0.717, 1.165) is 31.8 Å². The minimum absolute atomic E-state index is 0.119. The van der Waals surface area contributed by atoms with Crippen LogP contribution in [0.3, 0.4) is 0 Å². The molecular weight excluding hydrogens is 332 g/mol. The van der Waals surface area contributed by atoms with Crippen LogP contribution in [0.1, 0.15) is 55.7 Å². The van der Waals surface area contributed by atoms with Crippen molar-refractivity contribution in [3.05, 3.63) is 21.9 Å².